The minimum atomic E-state index is -4.12. The van der Waals surface area contributed by atoms with E-state index in [9.17, 15) is 27.6 Å². The Balaban J connectivity index is 1.28. The predicted octanol–water partition coefficient (Wildman–Crippen LogP) is 6.20. The number of likely N-dealkylation sites (N-methyl/N-ethyl adjacent to an activating group) is 1. The van der Waals surface area contributed by atoms with Crippen LogP contribution in [0.15, 0.2) is 12.7 Å². The molecule has 2 aliphatic heterocycles. The summed E-state index contributed by atoms with van der Waals surface area (Å²) in [7, 11) is -4.12. The SMILES string of the molecule is C=C[C@@H]1C[C@]1(CC(=O)[C@@H]1C[C@@]2(CN1C(=O)[C@@H](CC(=O)[C@@H](NC(=O)[C@@H]1CCCCN1CC)C1CCCCC1)C(C)(C)C)C(C)(C)C21CCC1)C(=O)NS(=O)(=O)N(CC)CC. The van der Waals surface area contributed by atoms with Crippen LogP contribution >= 0.6 is 0 Å². The van der Waals surface area contributed by atoms with E-state index in [1.165, 1.54) is 4.31 Å². The quantitative estimate of drug-likeness (QED) is 0.164. The van der Waals surface area contributed by atoms with Crippen molar-refractivity contribution in [2.45, 2.75) is 170 Å². The molecule has 2 spiro atoms. The Morgan fingerprint density at radius 3 is 2.05 bits per heavy atom. The first kappa shape index (κ1) is 45.9. The van der Waals surface area contributed by atoms with Crippen molar-refractivity contribution in [2.24, 2.45) is 44.8 Å². The van der Waals surface area contributed by atoms with Gasteiger partial charge in [-0.15, -0.1) is 6.58 Å². The van der Waals surface area contributed by atoms with Crippen molar-refractivity contribution >= 4 is 39.5 Å². The largest absolute Gasteiger partial charge is 0.345 e. The fourth-order valence-electron chi connectivity index (χ4n) is 12.7. The summed E-state index contributed by atoms with van der Waals surface area (Å²) in [6.07, 6.45) is 13.0. The molecular weight excluding hydrogens is 767 g/mol. The highest BCUT2D eigenvalue weighted by atomic mass is 32.2. The van der Waals surface area contributed by atoms with Crippen molar-refractivity contribution in [3.8, 4) is 0 Å². The number of ketones is 2. The molecule has 13 heteroatoms. The first-order valence-corrected chi connectivity index (χ1v) is 24.5. The second kappa shape index (κ2) is 16.9. The third-order valence-corrected chi connectivity index (χ3v) is 18.6. The smallest absolute Gasteiger partial charge is 0.303 e. The fraction of sp³-hybridized carbons (Fsp3) is 0.848. The molecule has 2 heterocycles. The van der Waals surface area contributed by atoms with Gasteiger partial charge in [0.2, 0.25) is 17.7 Å². The molecule has 0 bridgehead atoms. The molecular formula is C46H75N5O7S. The molecule has 4 saturated carbocycles. The Kier molecular flexibility index (Phi) is 13.1. The molecule has 0 radical (unpaired) electrons. The van der Waals surface area contributed by atoms with E-state index >= 15 is 4.79 Å². The van der Waals surface area contributed by atoms with Crippen LogP contribution < -0.4 is 10.0 Å². The number of rotatable bonds is 17. The van der Waals surface area contributed by atoms with Gasteiger partial charge in [-0.25, -0.2) is 4.72 Å². The maximum atomic E-state index is 15.3. The van der Waals surface area contributed by atoms with Crippen molar-refractivity contribution in [3.63, 3.8) is 0 Å². The summed E-state index contributed by atoms with van der Waals surface area (Å²) < 4.78 is 29.8. The van der Waals surface area contributed by atoms with E-state index in [-0.39, 0.29) is 83.4 Å². The lowest BCUT2D eigenvalue weighted by molar-refractivity contribution is -0.147. The lowest BCUT2D eigenvalue weighted by atomic mass is 9.73. The number of fused-ring (bicyclic) bond motifs is 1. The number of nitrogens with one attached hydrogen (secondary N) is 2. The average molecular weight is 842 g/mol. The third-order valence-electron chi connectivity index (χ3n) is 16.9. The van der Waals surface area contributed by atoms with Gasteiger partial charge in [-0.05, 0) is 92.5 Å². The molecule has 59 heavy (non-hydrogen) atoms. The number of nitrogens with zero attached hydrogens (tertiary/aromatic N) is 3. The molecule has 0 aromatic heterocycles. The number of piperidine rings is 1. The van der Waals surface area contributed by atoms with Gasteiger partial charge < -0.3 is 10.2 Å². The van der Waals surface area contributed by atoms with Crippen LogP contribution in [0.4, 0.5) is 0 Å². The summed E-state index contributed by atoms with van der Waals surface area (Å²) in [5, 5.41) is 3.25. The molecule has 12 nitrogen and oxygen atoms in total. The molecule has 332 valence electrons. The van der Waals surface area contributed by atoms with E-state index in [0.717, 1.165) is 83.7 Å². The average Bonchev–Trinajstić information content (AvgIpc) is 3.90. The second-order valence-corrected chi connectivity index (χ2v) is 22.5. The predicted molar refractivity (Wildman–Crippen MR) is 229 cm³/mol. The summed E-state index contributed by atoms with van der Waals surface area (Å²) in [6.45, 7) is 22.3. The molecule has 4 aliphatic carbocycles. The number of hydrogen-bond acceptors (Lipinski definition) is 8. The van der Waals surface area contributed by atoms with E-state index in [1.807, 2.05) is 20.8 Å². The van der Waals surface area contributed by atoms with Gasteiger partial charge in [0.15, 0.2) is 11.6 Å². The van der Waals surface area contributed by atoms with Gasteiger partial charge in [0.1, 0.15) is 0 Å². The Morgan fingerprint density at radius 2 is 1.53 bits per heavy atom. The molecule has 6 rings (SSSR count). The standard InChI is InChI=1S/C46H75N5O7S/c1-10-32-27-44(32,41(56)48-59(57,58)50(12-3)13-4)29-37(53)35-28-46(43(8,9)45(46)23-19-24-45)30-51(35)40(55)33(42(5,6)7)26-36(52)38(31-20-15-14-16-21-31)47-39(54)34-22-17-18-25-49(34)11-2/h10,31-35,38H,1,11-30H2,2-9H3,(H,47,54)(H,48,56)/t32-,33-,34+,35+,38+,44-,46-/m1/s1. The topological polar surface area (TPSA) is 153 Å². The highest BCUT2D eigenvalue weighted by Crippen LogP contribution is 2.88. The summed E-state index contributed by atoms with van der Waals surface area (Å²) in [5.74, 6) is -2.51. The number of likely N-dealkylation sites (tertiary alicyclic amines) is 2. The molecule has 6 aliphatic rings. The second-order valence-electron chi connectivity index (χ2n) is 20.8. The van der Waals surface area contributed by atoms with E-state index < -0.39 is 44.9 Å². The minimum absolute atomic E-state index is 0.00828. The number of Topliss-reactive ketones (excluding diaryl/α,β-unsaturated/α-hetero) is 2. The number of carbonyl (C=O) groups is 5. The molecule has 0 aromatic carbocycles. The number of hydrogen-bond donors (Lipinski definition) is 2. The summed E-state index contributed by atoms with van der Waals surface area (Å²) in [4.78, 5) is 76.9. The van der Waals surface area contributed by atoms with Gasteiger partial charge in [0, 0.05) is 43.8 Å². The number of carbonyl (C=O) groups excluding carboxylic acids is 5. The zero-order valence-corrected chi connectivity index (χ0v) is 38.3. The van der Waals surface area contributed by atoms with Crippen LogP contribution in [0.3, 0.4) is 0 Å². The molecule has 7 atom stereocenters. The maximum absolute atomic E-state index is 15.3. The molecule has 2 N–H and O–H groups in total. The monoisotopic (exact) mass is 842 g/mol. The van der Waals surface area contributed by atoms with E-state index in [2.05, 4.69) is 42.3 Å². The van der Waals surface area contributed by atoms with Crippen LogP contribution in [0.2, 0.25) is 0 Å². The summed E-state index contributed by atoms with van der Waals surface area (Å²) in [5.41, 5.74) is -2.26. The number of allylic oxidation sites excluding steroid dienone is 1. The van der Waals surface area contributed by atoms with Gasteiger partial charge in [-0.3, -0.25) is 28.9 Å². The van der Waals surface area contributed by atoms with Gasteiger partial charge in [-0.1, -0.05) is 93.6 Å². The van der Waals surface area contributed by atoms with Crippen LogP contribution in [0, 0.1) is 44.8 Å². The molecule has 3 amide bonds. The van der Waals surface area contributed by atoms with Crippen LogP contribution in [-0.2, 0) is 34.2 Å². The van der Waals surface area contributed by atoms with Crippen LogP contribution in [0.1, 0.15) is 152 Å². The van der Waals surface area contributed by atoms with E-state index in [0.29, 0.717) is 19.4 Å². The molecule has 0 aromatic rings. The van der Waals surface area contributed by atoms with Gasteiger partial charge >= 0.3 is 10.2 Å². The van der Waals surface area contributed by atoms with Crippen molar-refractivity contribution < 1.29 is 32.4 Å². The summed E-state index contributed by atoms with van der Waals surface area (Å²) >= 11 is 0. The van der Waals surface area contributed by atoms with Crippen LogP contribution in [-0.4, -0.2) is 103 Å². The normalized spacial score (nSPS) is 31.3. The van der Waals surface area contributed by atoms with Crippen molar-refractivity contribution in [1.29, 1.82) is 0 Å². The lowest BCUT2D eigenvalue weighted by Crippen LogP contribution is -2.56. The fourth-order valence-corrected chi connectivity index (χ4v) is 14.0. The lowest BCUT2D eigenvalue weighted by Gasteiger charge is -2.38. The highest BCUT2D eigenvalue weighted by Gasteiger charge is 2.85. The maximum Gasteiger partial charge on any atom is 0.303 e. The molecule has 0 unspecified atom stereocenters. The Bertz CT molecular complexity index is 1760. The van der Waals surface area contributed by atoms with Gasteiger partial charge in [0.05, 0.1) is 23.5 Å². The first-order valence-electron chi connectivity index (χ1n) is 23.1. The van der Waals surface area contributed by atoms with E-state index in [4.69, 9.17) is 0 Å². The molecule has 2 saturated heterocycles. The van der Waals surface area contributed by atoms with Gasteiger partial charge in [-0.2, -0.15) is 12.7 Å². The Morgan fingerprint density at radius 1 is 0.881 bits per heavy atom. The Hall–Kier alpha value is -2.64. The minimum Gasteiger partial charge on any atom is -0.345 e. The Labute approximate surface area is 355 Å². The zero-order chi connectivity index (χ0) is 43.3. The van der Waals surface area contributed by atoms with Crippen LogP contribution in [0.5, 0.6) is 0 Å². The third kappa shape index (κ3) is 8.00. The first-order chi connectivity index (χ1) is 27.7. The van der Waals surface area contributed by atoms with Crippen molar-refractivity contribution in [1.82, 2.24) is 24.1 Å². The van der Waals surface area contributed by atoms with Crippen molar-refractivity contribution in [3.05, 3.63) is 12.7 Å². The molecule has 6 fully saturated rings. The number of amides is 3. The zero-order valence-electron chi connectivity index (χ0n) is 37.5. The van der Waals surface area contributed by atoms with Gasteiger partial charge in [0.25, 0.3) is 0 Å². The highest BCUT2D eigenvalue weighted by molar-refractivity contribution is 7.87. The van der Waals surface area contributed by atoms with E-state index in [1.54, 1.807) is 24.8 Å². The van der Waals surface area contributed by atoms with Crippen LogP contribution in [0.25, 0.3) is 0 Å². The van der Waals surface area contributed by atoms with Crippen molar-refractivity contribution in [2.75, 3.05) is 32.7 Å². The summed E-state index contributed by atoms with van der Waals surface area (Å²) in [6, 6.07) is -1.76.